The van der Waals surface area contributed by atoms with Gasteiger partial charge >= 0.3 is 5.97 Å². The van der Waals surface area contributed by atoms with Crippen LogP contribution in [0.1, 0.15) is 16.1 Å². The van der Waals surface area contributed by atoms with Gasteiger partial charge in [-0.2, -0.15) is 0 Å². The van der Waals surface area contributed by atoms with Crippen LogP contribution in [0.5, 0.6) is 0 Å². The number of thiophene rings is 1. The minimum Gasteiger partial charge on any atom is -0.479 e. The van der Waals surface area contributed by atoms with E-state index in [4.69, 9.17) is 5.11 Å². The standard InChI is InChI=1S/C10H9BrFNO3S/c11-6-3-7(17-4-6)8(14)13-2-1-10(12,5-13)9(15)16/h3-4H,1-2,5H2,(H,15,16). The van der Waals surface area contributed by atoms with E-state index in [2.05, 4.69) is 15.9 Å². The summed E-state index contributed by atoms with van der Waals surface area (Å²) in [5.41, 5.74) is -2.30. The van der Waals surface area contributed by atoms with Crippen LogP contribution in [0.25, 0.3) is 0 Å². The molecular weight excluding hydrogens is 313 g/mol. The molecule has 1 N–H and O–H groups in total. The van der Waals surface area contributed by atoms with Crippen molar-refractivity contribution in [1.82, 2.24) is 4.90 Å². The van der Waals surface area contributed by atoms with E-state index in [9.17, 15) is 14.0 Å². The van der Waals surface area contributed by atoms with Crippen LogP contribution < -0.4 is 0 Å². The zero-order valence-corrected chi connectivity index (χ0v) is 11.1. The van der Waals surface area contributed by atoms with E-state index >= 15 is 0 Å². The highest BCUT2D eigenvalue weighted by Crippen LogP contribution is 2.29. The first-order chi connectivity index (χ1) is 7.92. The van der Waals surface area contributed by atoms with Crippen molar-refractivity contribution in [2.24, 2.45) is 0 Å². The summed E-state index contributed by atoms with van der Waals surface area (Å²) in [4.78, 5) is 24.4. The Bertz CT molecular complexity index is 478. The number of hydrogen-bond acceptors (Lipinski definition) is 3. The molecule has 1 unspecified atom stereocenters. The number of carbonyl (C=O) groups is 2. The van der Waals surface area contributed by atoms with Gasteiger partial charge in [-0.3, -0.25) is 4.79 Å². The Hall–Kier alpha value is -0.950. The lowest BCUT2D eigenvalue weighted by Gasteiger charge is -2.16. The molecule has 92 valence electrons. The van der Waals surface area contributed by atoms with Gasteiger partial charge in [0.1, 0.15) is 0 Å². The lowest BCUT2D eigenvalue weighted by Crippen LogP contribution is -2.38. The zero-order chi connectivity index (χ0) is 12.6. The lowest BCUT2D eigenvalue weighted by molar-refractivity contribution is -0.149. The van der Waals surface area contributed by atoms with Crippen molar-refractivity contribution in [2.75, 3.05) is 13.1 Å². The molecule has 1 aromatic rings. The third kappa shape index (κ3) is 2.35. The molecule has 0 saturated carbocycles. The van der Waals surface area contributed by atoms with Crippen molar-refractivity contribution in [3.8, 4) is 0 Å². The summed E-state index contributed by atoms with van der Waals surface area (Å²) in [6, 6.07) is 1.64. The number of halogens is 2. The quantitative estimate of drug-likeness (QED) is 0.908. The predicted molar refractivity (Wildman–Crippen MR) is 64.0 cm³/mol. The third-order valence-corrected chi connectivity index (χ3v) is 4.35. The van der Waals surface area contributed by atoms with Gasteiger partial charge in [-0.05, 0) is 22.0 Å². The second-order valence-corrected chi connectivity index (χ2v) is 5.70. The number of likely N-dealkylation sites (tertiary alicyclic amines) is 1. The van der Waals surface area contributed by atoms with Gasteiger partial charge in [0.2, 0.25) is 5.67 Å². The molecule has 2 heterocycles. The maximum atomic E-state index is 13.8. The van der Waals surface area contributed by atoms with Crippen LogP contribution in [0.3, 0.4) is 0 Å². The Labute approximate surface area is 109 Å². The first kappa shape index (κ1) is 12.5. The van der Waals surface area contributed by atoms with Crippen molar-refractivity contribution in [3.05, 3.63) is 20.8 Å². The summed E-state index contributed by atoms with van der Waals surface area (Å²) in [7, 11) is 0. The molecule has 1 aromatic heterocycles. The maximum absolute atomic E-state index is 13.8. The van der Waals surface area contributed by atoms with E-state index in [1.165, 1.54) is 16.2 Å². The molecular formula is C10H9BrFNO3S. The summed E-state index contributed by atoms with van der Waals surface area (Å²) in [6.45, 7) is -0.242. The van der Waals surface area contributed by atoms with Gasteiger partial charge in [0.25, 0.3) is 5.91 Å². The summed E-state index contributed by atoms with van der Waals surface area (Å²) < 4.78 is 14.6. The van der Waals surface area contributed by atoms with Crippen LogP contribution in [0.2, 0.25) is 0 Å². The van der Waals surface area contributed by atoms with Gasteiger partial charge in [-0.25, -0.2) is 9.18 Å². The summed E-state index contributed by atoms with van der Waals surface area (Å²) >= 11 is 4.47. The Morgan fingerprint density at radius 3 is 2.76 bits per heavy atom. The van der Waals surface area contributed by atoms with Crippen LogP contribution in [0.15, 0.2) is 15.9 Å². The van der Waals surface area contributed by atoms with Crippen LogP contribution in [0, 0.1) is 0 Å². The van der Waals surface area contributed by atoms with Gasteiger partial charge in [0, 0.05) is 22.8 Å². The molecule has 4 nitrogen and oxygen atoms in total. The second kappa shape index (κ2) is 4.38. The number of rotatable bonds is 2. The first-order valence-corrected chi connectivity index (χ1v) is 6.55. The van der Waals surface area contributed by atoms with E-state index in [0.717, 1.165) is 4.47 Å². The molecule has 0 aliphatic carbocycles. The number of nitrogens with zero attached hydrogens (tertiary/aromatic N) is 1. The number of aliphatic carboxylic acids is 1. The number of carboxylic acids is 1. The molecule has 1 aliphatic heterocycles. The second-order valence-electron chi connectivity index (χ2n) is 3.88. The normalized spacial score (nSPS) is 24.0. The lowest BCUT2D eigenvalue weighted by atomic mass is 10.1. The van der Waals surface area contributed by atoms with Crippen molar-refractivity contribution >= 4 is 39.1 Å². The summed E-state index contributed by atoms with van der Waals surface area (Å²) in [5, 5.41) is 10.5. The maximum Gasteiger partial charge on any atom is 0.343 e. The fraction of sp³-hybridized carbons (Fsp3) is 0.400. The fourth-order valence-electron chi connectivity index (χ4n) is 1.70. The molecule has 1 amide bonds. The third-order valence-electron chi connectivity index (χ3n) is 2.67. The molecule has 0 aromatic carbocycles. The molecule has 0 spiro atoms. The van der Waals surface area contributed by atoms with Crippen molar-refractivity contribution < 1.29 is 19.1 Å². The Morgan fingerprint density at radius 2 is 2.29 bits per heavy atom. The van der Waals surface area contributed by atoms with Crippen LogP contribution in [-0.2, 0) is 4.79 Å². The first-order valence-electron chi connectivity index (χ1n) is 4.88. The van der Waals surface area contributed by atoms with E-state index in [1.54, 1.807) is 11.4 Å². The molecule has 2 rings (SSSR count). The monoisotopic (exact) mass is 321 g/mol. The van der Waals surface area contributed by atoms with Crippen LogP contribution in [0.4, 0.5) is 4.39 Å². The van der Waals surface area contributed by atoms with Crippen molar-refractivity contribution in [3.63, 3.8) is 0 Å². The van der Waals surface area contributed by atoms with E-state index in [-0.39, 0.29) is 25.4 Å². The highest BCUT2D eigenvalue weighted by atomic mass is 79.9. The highest BCUT2D eigenvalue weighted by Gasteiger charge is 2.47. The zero-order valence-electron chi connectivity index (χ0n) is 8.65. The molecule has 0 radical (unpaired) electrons. The minimum atomic E-state index is -2.30. The van der Waals surface area contributed by atoms with Gasteiger partial charge in [0.15, 0.2) is 0 Å². The Kier molecular flexibility index (Phi) is 3.22. The fourth-order valence-corrected chi connectivity index (χ4v) is 3.10. The van der Waals surface area contributed by atoms with Gasteiger partial charge in [-0.15, -0.1) is 11.3 Å². The molecule has 1 aliphatic rings. The largest absolute Gasteiger partial charge is 0.479 e. The Morgan fingerprint density at radius 1 is 1.59 bits per heavy atom. The topological polar surface area (TPSA) is 57.6 Å². The van der Waals surface area contributed by atoms with E-state index in [0.29, 0.717) is 4.88 Å². The van der Waals surface area contributed by atoms with E-state index in [1.807, 2.05) is 0 Å². The van der Waals surface area contributed by atoms with Crippen molar-refractivity contribution in [1.29, 1.82) is 0 Å². The summed E-state index contributed by atoms with van der Waals surface area (Å²) in [6.07, 6.45) is -0.152. The Balaban J connectivity index is 2.11. The van der Waals surface area contributed by atoms with Gasteiger partial charge < -0.3 is 10.0 Å². The van der Waals surface area contributed by atoms with Gasteiger partial charge in [0.05, 0.1) is 11.4 Å². The number of hydrogen-bond donors (Lipinski definition) is 1. The predicted octanol–water partition coefficient (Wildman–Crippen LogP) is 2.15. The molecule has 1 atom stereocenters. The number of alkyl halides is 1. The molecule has 17 heavy (non-hydrogen) atoms. The van der Waals surface area contributed by atoms with Gasteiger partial charge in [-0.1, -0.05) is 0 Å². The molecule has 1 fully saturated rings. The van der Waals surface area contributed by atoms with Crippen LogP contribution in [-0.4, -0.2) is 40.6 Å². The smallest absolute Gasteiger partial charge is 0.343 e. The molecule has 7 heteroatoms. The summed E-state index contributed by atoms with van der Waals surface area (Å²) in [5.74, 6) is -1.82. The average molecular weight is 322 g/mol. The van der Waals surface area contributed by atoms with Crippen molar-refractivity contribution in [2.45, 2.75) is 12.1 Å². The minimum absolute atomic E-state index is 0.136. The van der Waals surface area contributed by atoms with E-state index < -0.39 is 11.6 Å². The van der Waals surface area contributed by atoms with Crippen LogP contribution >= 0.6 is 27.3 Å². The number of carboxylic acid groups (broad SMARTS) is 1. The number of amides is 1. The molecule has 1 saturated heterocycles. The molecule has 0 bridgehead atoms. The number of carbonyl (C=O) groups excluding carboxylic acids is 1. The highest BCUT2D eigenvalue weighted by molar-refractivity contribution is 9.10. The average Bonchev–Trinajstić information content (AvgIpc) is 2.85. The SMILES string of the molecule is O=C(c1cc(Br)cs1)N1CCC(F)(C(=O)O)C1.